The summed E-state index contributed by atoms with van der Waals surface area (Å²) in [4.78, 5) is 17.3. The van der Waals surface area contributed by atoms with Gasteiger partial charge in [-0.3, -0.25) is 4.98 Å². The van der Waals surface area contributed by atoms with Crippen molar-refractivity contribution in [2.24, 2.45) is 0 Å². The summed E-state index contributed by atoms with van der Waals surface area (Å²) in [6, 6.07) is 9.93. The van der Waals surface area contributed by atoms with Crippen LogP contribution in [0.2, 0.25) is 0 Å². The molecule has 0 radical (unpaired) electrons. The van der Waals surface area contributed by atoms with Crippen LogP contribution in [0.25, 0.3) is 0 Å². The van der Waals surface area contributed by atoms with Crippen LogP contribution in [-0.2, 0) is 11.3 Å². The number of aromatic nitrogens is 1. The molecule has 0 aliphatic carbocycles. The monoisotopic (exact) mass is 313 g/mol. The van der Waals surface area contributed by atoms with Gasteiger partial charge in [0.05, 0.1) is 18.9 Å². The molecule has 0 amide bonds. The molecule has 23 heavy (non-hydrogen) atoms. The number of nitrogens with one attached hydrogen (secondary N) is 1. The zero-order valence-electron chi connectivity index (χ0n) is 12.7. The van der Waals surface area contributed by atoms with Gasteiger partial charge in [-0.2, -0.15) is 0 Å². The summed E-state index contributed by atoms with van der Waals surface area (Å²) in [6.45, 7) is 3.85. The predicted octanol–water partition coefficient (Wildman–Crippen LogP) is 2.23. The Morgan fingerprint density at radius 1 is 1.30 bits per heavy atom. The second kappa shape index (κ2) is 7.11. The molecule has 1 aromatic heterocycles. The number of ether oxygens (including phenoxy) is 1. The molecule has 1 aliphatic rings. The van der Waals surface area contributed by atoms with Gasteiger partial charge in [0, 0.05) is 37.7 Å². The van der Waals surface area contributed by atoms with Crippen LogP contribution < -0.4 is 10.2 Å². The summed E-state index contributed by atoms with van der Waals surface area (Å²) < 4.78 is 5.38. The summed E-state index contributed by atoms with van der Waals surface area (Å²) in [7, 11) is 0. The number of nitrogens with zero attached hydrogens (tertiary/aromatic N) is 2. The first-order chi connectivity index (χ1) is 11.2. The van der Waals surface area contributed by atoms with E-state index in [4.69, 9.17) is 4.74 Å². The maximum absolute atomic E-state index is 11.2. The Kier molecular flexibility index (Phi) is 4.73. The SMILES string of the molecule is O=C(O)c1cnccc1NCc1cccc(N2CCOCC2)c1. The smallest absolute Gasteiger partial charge is 0.339 e. The zero-order chi connectivity index (χ0) is 16.1. The van der Waals surface area contributed by atoms with Gasteiger partial charge < -0.3 is 20.1 Å². The van der Waals surface area contributed by atoms with Crippen LogP contribution in [0.4, 0.5) is 11.4 Å². The fourth-order valence-corrected chi connectivity index (χ4v) is 2.60. The Bertz CT molecular complexity index is 684. The van der Waals surface area contributed by atoms with Crippen molar-refractivity contribution in [3.8, 4) is 0 Å². The Morgan fingerprint density at radius 3 is 2.91 bits per heavy atom. The number of morpholine rings is 1. The van der Waals surface area contributed by atoms with Crippen molar-refractivity contribution in [2.75, 3.05) is 36.5 Å². The van der Waals surface area contributed by atoms with Crippen LogP contribution in [0.5, 0.6) is 0 Å². The van der Waals surface area contributed by atoms with Crippen LogP contribution in [0.1, 0.15) is 15.9 Å². The van der Waals surface area contributed by atoms with Crippen molar-refractivity contribution in [1.29, 1.82) is 0 Å². The van der Waals surface area contributed by atoms with Gasteiger partial charge in [-0.1, -0.05) is 12.1 Å². The number of carboxylic acids is 1. The molecule has 0 spiro atoms. The van der Waals surface area contributed by atoms with E-state index >= 15 is 0 Å². The van der Waals surface area contributed by atoms with Crippen molar-refractivity contribution >= 4 is 17.3 Å². The first kappa shape index (κ1) is 15.3. The number of hydrogen-bond donors (Lipinski definition) is 2. The third kappa shape index (κ3) is 3.78. The highest BCUT2D eigenvalue weighted by molar-refractivity contribution is 5.93. The van der Waals surface area contributed by atoms with E-state index in [9.17, 15) is 9.90 Å². The highest BCUT2D eigenvalue weighted by Crippen LogP contribution is 2.19. The molecule has 1 aliphatic heterocycles. The largest absolute Gasteiger partial charge is 0.478 e. The standard InChI is InChI=1S/C17H19N3O3/c21-17(22)15-12-18-5-4-16(15)19-11-13-2-1-3-14(10-13)20-6-8-23-9-7-20/h1-5,10,12H,6-9,11H2,(H,18,19)(H,21,22). The lowest BCUT2D eigenvalue weighted by Gasteiger charge is -2.29. The number of pyridine rings is 1. The lowest BCUT2D eigenvalue weighted by atomic mass is 10.1. The molecule has 120 valence electrons. The average Bonchev–Trinajstić information content (AvgIpc) is 2.61. The molecule has 2 N–H and O–H groups in total. The number of anilines is 2. The number of aromatic carboxylic acids is 1. The van der Waals surface area contributed by atoms with Gasteiger partial charge in [0.15, 0.2) is 0 Å². The van der Waals surface area contributed by atoms with Crippen LogP contribution in [0, 0.1) is 0 Å². The van der Waals surface area contributed by atoms with E-state index in [1.54, 1.807) is 12.3 Å². The number of benzene rings is 1. The van der Waals surface area contributed by atoms with Gasteiger partial charge in [0.1, 0.15) is 5.56 Å². The lowest BCUT2D eigenvalue weighted by Crippen LogP contribution is -2.36. The minimum Gasteiger partial charge on any atom is -0.478 e. The summed E-state index contributed by atoms with van der Waals surface area (Å²) in [6.07, 6.45) is 2.94. The van der Waals surface area contributed by atoms with Gasteiger partial charge in [-0.05, 0) is 23.8 Å². The van der Waals surface area contributed by atoms with Crippen LogP contribution in [0.3, 0.4) is 0 Å². The Morgan fingerprint density at radius 2 is 2.13 bits per heavy atom. The zero-order valence-corrected chi connectivity index (χ0v) is 12.7. The molecule has 0 atom stereocenters. The van der Waals surface area contributed by atoms with Crippen LogP contribution in [0.15, 0.2) is 42.7 Å². The number of hydrogen-bond acceptors (Lipinski definition) is 5. The molecule has 1 aromatic carbocycles. The molecule has 0 bridgehead atoms. The van der Waals surface area contributed by atoms with Crippen LogP contribution >= 0.6 is 0 Å². The second-order valence-corrected chi connectivity index (χ2v) is 5.35. The average molecular weight is 313 g/mol. The molecule has 0 saturated carbocycles. The first-order valence-corrected chi connectivity index (χ1v) is 7.57. The fourth-order valence-electron chi connectivity index (χ4n) is 2.60. The molecule has 1 saturated heterocycles. The van der Waals surface area contributed by atoms with Crippen molar-refractivity contribution in [1.82, 2.24) is 4.98 Å². The highest BCUT2D eigenvalue weighted by Gasteiger charge is 2.12. The van der Waals surface area contributed by atoms with Crippen molar-refractivity contribution in [3.05, 3.63) is 53.9 Å². The van der Waals surface area contributed by atoms with E-state index in [-0.39, 0.29) is 5.56 Å². The highest BCUT2D eigenvalue weighted by atomic mass is 16.5. The molecular formula is C17H19N3O3. The summed E-state index contributed by atoms with van der Waals surface area (Å²) in [5.74, 6) is -0.984. The fraction of sp³-hybridized carbons (Fsp3) is 0.294. The third-order valence-electron chi connectivity index (χ3n) is 3.82. The Balaban J connectivity index is 1.70. The number of rotatable bonds is 5. The minimum absolute atomic E-state index is 0.178. The van der Waals surface area contributed by atoms with Crippen molar-refractivity contribution in [3.63, 3.8) is 0 Å². The quantitative estimate of drug-likeness (QED) is 0.882. The molecule has 6 nitrogen and oxygen atoms in total. The van der Waals surface area contributed by atoms with E-state index in [0.717, 1.165) is 31.9 Å². The molecule has 2 aromatic rings. The summed E-state index contributed by atoms with van der Waals surface area (Å²) in [5, 5.41) is 12.4. The van der Waals surface area contributed by atoms with Gasteiger partial charge in [0.25, 0.3) is 0 Å². The molecule has 3 rings (SSSR count). The number of carboxylic acid groups (broad SMARTS) is 1. The minimum atomic E-state index is -0.984. The van der Waals surface area contributed by atoms with E-state index < -0.39 is 5.97 Å². The Hall–Kier alpha value is -2.60. The second-order valence-electron chi connectivity index (χ2n) is 5.35. The number of carbonyl (C=O) groups is 1. The maximum atomic E-state index is 11.2. The molecular weight excluding hydrogens is 294 g/mol. The first-order valence-electron chi connectivity index (χ1n) is 7.57. The summed E-state index contributed by atoms with van der Waals surface area (Å²) >= 11 is 0. The molecule has 6 heteroatoms. The van der Waals surface area contributed by atoms with E-state index in [1.807, 2.05) is 12.1 Å². The van der Waals surface area contributed by atoms with E-state index in [2.05, 4.69) is 27.3 Å². The van der Waals surface area contributed by atoms with Crippen molar-refractivity contribution < 1.29 is 14.6 Å². The van der Waals surface area contributed by atoms with Crippen molar-refractivity contribution in [2.45, 2.75) is 6.54 Å². The van der Waals surface area contributed by atoms with Gasteiger partial charge in [-0.25, -0.2) is 4.79 Å². The lowest BCUT2D eigenvalue weighted by molar-refractivity contribution is 0.0697. The van der Waals surface area contributed by atoms with Crippen LogP contribution in [-0.4, -0.2) is 42.4 Å². The maximum Gasteiger partial charge on any atom is 0.339 e. The van der Waals surface area contributed by atoms with Gasteiger partial charge in [0.2, 0.25) is 0 Å². The van der Waals surface area contributed by atoms with Gasteiger partial charge >= 0.3 is 5.97 Å². The molecule has 1 fully saturated rings. The normalized spacial score (nSPS) is 14.5. The molecule has 0 unspecified atom stereocenters. The summed E-state index contributed by atoms with van der Waals surface area (Å²) in [5.41, 5.74) is 3.02. The van der Waals surface area contributed by atoms with E-state index in [1.165, 1.54) is 11.9 Å². The molecule has 2 heterocycles. The van der Waals surface area contributed by atoms with Gasteiger partial charge in [-0.15, -0.1) is 0 Å². The Labute approximate surface area is 134 Å². The third-order valence-corrected chi connectivity index (χ3v) is 3.82. The van der Waals surface area contributed by atoms with E-state index in [0.29, 0.717) is 12.2 Å². The predicted molar refractivity (Wildman–Crippen MR) is 88.0 cm³/mol. The topological polar surface area (TPSA) is 74.7 Å².